The van der Waals surface area contributed by atoms with E-state index in [1.807, 2.05) is 0 Å². The first-order valence-electron chi connectivity index (χ1n) is 5.01. The highest BCUT2D eigenvalue weighted by molar-refractivity contribution is 7.87. The second-order valence-corrected chi connectivity index (χ2v) is 5.54. The smallest absolute Gasteiger partial charge is 0.372 e. The van der Waals surface area contributed by atoms with Gasteiger partial charge in [0.05, 0.1) is 5.02 Å². The van der Waals surface area contributed by atoms with E-state index in [2.05, 4.69) is 4.18 Å². The largest absolute Gasteiger partial charge is 0.534 e. The van der Waals surface area contributed by atoms with Gasteiger partial charge >= 0.3 is 15.6 Å². The average Bonchev–Trinajstić information content (AvgIpc) is 2.32. The van der Waals surface area contributed by atoms with Gasteiger partial charge in [-0.3, -0.25) is 4.79 Å². The van der Waals surface area contributed by atoms with Gasteiger partial charge in [0.15, 0.2) is 12.0 Å². The van der Waals surface area contributed by atoms with E-state index in [4.69, 9.17) is 11.6 Å². The number of alkyl halides is 3. The number of rotatable bonds is 4. The number of carbonyl (C=O) groups excluding carboxylic acids is 1. The zero-order chi connectivity index (χ0) is 15.6. The molecule has 1 aromatic rings. The van der Waals surface area contributed by atoms with Crippen LogP contribution in [0.4, 0.5) is 13.2 Å². The van der Waals surface area contributed by atoms with Crippen LogP contribution in [0.5, 0.6) is 0 Å². The zero-order valence-electron chi connectivity index (χ0n) is 9.94. The Morgan fingerprint density at radius 1 is 1.35 bits per heavy atom. The molecule has 0 heterocycles. The molecule has 4 nitrogen and oxygen atoms in total. The summed E-state index contributed by atoms with van der Waals surface area (Å²) in [5.74, 6) is -1.02. The summed E-state index contributed by atoms with van der Waals surface area (Å²) in [6.45, 7) is 1.63. The molecule has 1 rings (SSSR count). The van der Waals surface area contributed by atoms with Crippen LogP contribution in [0.1, 0.15) is 11.1 Å². The van der Waals surface area contributed by atoms with E-state index in [-0.39, 0.29) is 16.9 Å². The predicted octanol–water partition coefficient (Wildman–Crippen LogP) is 3.05. The van der Waals surface area contributed by atoms with E-state index >= 15 is 0 Å². The molecule has 110 valence electrons. The second-order valence-electron chi connectivity index (χ2n) is 3.63. The molecular weight excluding hydrogens is 321 g/mol. The molecule has 0 aliphatic heterocycles. The summed E-state index contributed by atoms with van der Waals surface area (Å²) in [6.07, 6.45) is 0.660. The van der Waals surface area contributed by atoms with Crippen molar-refractivity contribution in [1.82, 2.24) is 0 Å². The summed E-state index contributed by atoms with van der Waals surface area (Å²) in [7, 11) is -5.89. The predicted molar refractivity (Wildman–Crippen MR) is 66.3 cm³/mol. The van der Waals surface area contributed by atoms with Gasteiger partial charge in [0, 0.05) is 0 Å². The lowest BCUT2D eigenvalue weighted by Gasteiger charge is -2.09. The lowest BCUT2D eigenvalue weighted by atomic mass is 10.1. The molecule has 0 saturated heterocycles. The number of allylic oxidation sites excluding steroid dienone is 1. The van der Waals surface area contributed by atoms with Crippen molar-refractivity contribution in [2.24, 2.45) is 0 Å². The van der Waals surface area contributed by atoms with Gasteiger partial charge in [-0.15, -0.1) is 0 Å². The number of aryl methyl sites for hydroxylation is 1. The van der Waals surface area contributed by atoms with E-state index in [9.17, 15) is 26.4 Å². The average molecular weight is 329 g/mol. The molecule has 0 aliphatic rings. The van der Waals surface area contributed by atoms with Gasteiger partial charge < -0.3 is 4.18 Å². The first-order valence-corrected chi connectivity index (χ1v) is 6.80. The summed E-state index contributed by atoms with van der Waals surface area (Å²) < 4.78 is 61.7. The molecule has 0 aromatic heterocycles. The van der Waals surface area contributed by atoms with Crippen molar-refractivity contribution in [1.29, 1.82) is 0 Å². The summed E-state index contributed by atoms with van der Waals surface area (Å²) in [6, 6.07) is 4.56. The fourth-order valence-corrected chi connectivity index (χ4v) is 1.80. The molecule has 0 atom stereocenters. The van der Waals surface area contributed by atoms with Gasteiger partial charge in [0.2, 0.25) is 0 Å². The minimum absolute atomic E-state index is 0.151. The molecule has 20 heavy (non-hydrogen) atoms. The summed E-state index contributed by atoms with van der Waals surface area (Å²) in [5.41, 5.74) is -4.86. The van der Waals surface area contributed by atoms with Crippen LogP contribution in [0.3, 0.4) is 0 Å². The van der Waals surface area contributed by atoms with E-state index in [0.29, 0.717) is 5.56 Å². The Bertz CT molecular complexity index is 650. The quantitative estimate of drug-likeness (QED) is 0.280. The van der Waals surface area contributed by atoms with Gasteiger partial charge in [0.1, 0.15) is 0 Å². The van der Waals surface area contributed by atoms with Crippen LogP contribution >= 0.6 is 11.6 Å². The van der Waals surface area contributed by atoms with Crippen molar-refractivity contribution in [3.63, 3.8) is 0 Å². The number of hydrogen-bond acceptors (Lipinski definition) is 4. The Morgan fingerprint density at radius 3 is 2.45 bits per heavy atom. The van der Waals surface area contributed by atoms with Crippen LogP contribution in [-0.2, 0) is 19.1 Å². The Kier molecular flexibility index (Phi) is 4.82. The summed E-state index contributed by atoms with van der Waals surface area (Å²) in [5, 5.41) is 0.167. The normalized spacial score (nSPS) is 13.2. The molecule has 0 unspecified atom stereocenters. The van der Waals surface area contributed by atoms with Crippen LogP contribution in [0.15, 0.2) is 24.0 Å². The SMILES string of the molecule is Cc1cccc(/C=C(\C=O)OS(=O)(=O)C(F)(F)F)c1Cl. The number of aldehydes is 1. The molecule has 0 spiro atoms. The molecule has 0 N–H and O–H groups in total. The molecular formula is C11H8ClF3O4S. The maximum atomic E-state index is 12.1. The van der Waals surface area contributed by atoms with E-state index in [1.54, 1.807) is 13.0 Å². The first-order chi connectivity index (χ1) is 9.08. The molecule has 0 bridgehead atoms. The number of hydrogen-bond donors (Lipinski definition) is 0. The molecule has 0 fully saturated rings. The highest BCUT2D eigenvalue weighted by Crippen LogP contribution is 2.28. The third-order valence-electron chi connectivity index (χ3n) is 2.12. The lowest BCUT2D eigenvalue weighted by Crippen LogP contribution is -2.25. The van der Waals surface area contributed by atoms with Gasteiger partial charge in [-0.25, -0.2) is 0 Å². The Balaban J connectivity index is 3.18. The number of benzene rings is 1. The molecule has 0 radical (unpaired) electrons. The first kappa shape index (κ1) is 16.5. The Labute approximate surface area is 117 Å². The van der Waals surface area contributed by atoms with Crippen LogP contribution < -0.4 is 0 Å². The van der Waals surface area contributed by atoms with E-state index in [0.717, 1.165) is 6.08 Å². The maximum Gasteiger partial charge on any atom is 0.534 e. The summed E-state index contributed by atoms with van der Waals surface area (Å²) in [4.78, 5) is 10.6. The highest BCUT2D eigenvalue weighted by atomic mass is 35.5. The van der Waals surface area contributed by atoms with Crippen molar-refractivity contribution in [3.8, 4) is 0 Å². The van der Waals surface area contributed by atoms with Crippen molar-refractivity contribution in [3.05, 3.63) is 40.1 Å². The van der Waals surface area contributed by atoms with Crippen LogP contribution in [0, 0.1) is 6.92 Å². The molecule has 0 amide bonds. The van der Waals surface area contributed by atoms with Crippen LogP contribution in [0.25, 0.3) is 6.08 Å². The van der Waals surface area contributed by atoms with Gasteiger partial charge in [0.25, 0.3) is 0 Å². The molecule has 0 saturated carbocycles. The minimum atomic E-state index is -5.89. The van der Waals surface area contributed by atoms with Crippen LogP contribution in [0.2, 0.25) is 5.02 Å². The fourth-order valence-electron chi connectivity index (χ4n) is 1.19. The Hall–Kier alpha value is -1.54. The monoisotopic (exact) mass is 328 g/mol. The van der Waals surface area contributed by atoms with Crippen LogP contribution in [-0.4, -0.2) is 20.2 Å². The molecule has 9 heteroatoms. The number of carbonyl (C=O) groups is 1. The molecule has 1 aromatic carbocycles. The Morgan fingerprint density at radius 2 is 1.95 bits per heavy atom. The van der Waals surface area contributed by atoms with Gasteiger partial charge in [-0.1, -0.05) is 29.8 Å². The fraction of sp³-hybridized carbons (Fsp3) is 0.182. The second kappa shape index (κ2) is 5.84. The van der Waals surface area contributed by atoms with Crippen molar-refractivity contribution in [2.45, 2.75) is 12.4 Å². The van der Waals surface area contributed by atoms with Crippen molar-refractivity contribution < 1.29 is 30.6 Å². The number of halogens is 4. The zero-order valence-corrected chi connectivity index (χ0v) is 11.5. The maximum absolute atomic E-state index is 12.1. The topological polar surface area (TPSA) is 60.4 Å². The highest BCUT2D eigenvalue weighted by Gasteiger charge is 2.48. The standard InChI is InChI=1S/C11H8ClF3O4S/c1-7-3-2-4-8(10(7)12)5-9(6-16)19-20(17,18)11(13,14)15/h2-6H,1H3/b9-5+. The van der Waals surface area contributed by atoms with Gasteiger partial charge in [-0.05, 0) is 24.1 Å². The van der Waals surface area contributed by atoms with E-state index in [1.165, 1.54) is 12.1 Å². The third-order valence-corrected chi connectivity index (χ3v) is 3.62. The minimum Gasteiger partial charge on any atom is -0.372 e. The van der Waals surface area contributed by atoms with Crippen molar-refractivity contribution >= 4 is 34.1 Å². The lowest BCUT2D eigenvalue weighted by molar-refractivity contribution is -0.106. The third kappa shape index (κ3) is 3.73. The van der Waals surface area contributed by atoms with Crippen molar-refractivity contribution in [2.75, 3.05) is 0 Å². The summed E-state index contributed by atoms with van der Waals surface area (Å²) >= 11 is 5.87. The molecule has 0 aliphatic carbocycles. The van der Waals surface area contributed by atoms with Gasteiger partial charge in [-0.2, -0.15) is 21.6 Å². The van der Waals surface area contributed by atoms with E-state index < -0.39 is 21.4 Å².